The van der Waals surface area contributed by atoms with Gasteiger partial charge in [0.15, 0.2) is 0 Å². The molecule has 160 valence electrons. The number of nitrogens with zero attached hydrogens (tertiary/aromatic N) is 1. The zero-order valence-corrected chi connectivity index (χ0v) is 18.5. The Morgan fingerprint density at radius 2 is 1.87 bits per heavy atom. The number of hydrogen-bond acceptors (Lipinski definition) is 6. The van der Waals surface area contributed by atoms with Crippen LogP contribution in [-0.4, -0.2) is 41.1 Å². The summed E-state index contributed by atoms with van der Waals surface area (Å²) in [7, 11) is 0. The lowest BCUT2D eigenvalue weighted by molar-refractivity contribution is -0.127. The Balaban J connectivity index is 1.70. The van der Waals surface area contributed by atoms with E-state index in [0.717, 1.165) is 16.7 Å². The van der Waals surface area contributed by atoms with Gasteiger partial charge >= 0.3 is 5.97 Å². The Morgan fingerprint density at radius 3 is 2.58 bits per heavy atom. The van der Waals surface area contributed by atoms with Gasteiger partial charge in [-0.1, -0.05) is 41.4 Å². The standard InChI is InChI=1S/C21H16Cl2N2O5S/c1-2-30-20(28)14-10-13(7-8-16(14)23)24-18(26)11-25-19(27)17(31-21(25)29)9-12-5-3-4-6-15(12)22/h3-10H,2,11H2,1H3,(H,24,26)/b17-9+. The van der Waals surface area contributed by atoms with Gasteiger partial charge in [-0.3, -0.25) is 19.3 Å². The number of hydrogen-bond donors (Lipinski definition) is 1. The van der Waals surface area contributed by atoms with Crippen LogP contribution in [-0.2, 0) is 14.3 Å². The molecule has 1 N–H and O–H groups in total. The number of thioether (sulfide) groups is 1. The van der Waals surface area contributed by atoms with Crippen molar-refractivity contribution in [2.45, 2.75) is 6.92 Å². The van der Waals surface area contributed by atoms with Crippen LogP contribution in [0.1, 0.15) is 22.8 Å². The third-order valence-electron chi connectivity index (χ3n) is 4.11. The van der Waals surface area contributed by atoms with Gasteiger partial charge < -0.3 is 10.1 Å². The average Bonchev–Trinajstić information content (AvgIpc) is 2.98. The van der Waals surface area contributed by atoms with Crippen LogP contribution in [0, 0.1) is 0 Å². The molecule has 3 rings (SSSR count). The Kier molecular flexibility index (Phi) is 7.37. The topological polar surface area (TPSA) is 92.8 Å². The molecule has 0 spiro atoms. The number of anilines is 1. The lowest BCUT2D eigenvalue weighted by atomic mass is 10.2. The second kappa shape index (κ2) is 10.00. The molecule has 0 unspecified atom stereocenters. The molecule has 1 saturated heterocycles. The molecule has 0 bridgehead atoms. The summed E-state index contributed by atoms with van der Waals surface area (Å²) in [4.78, 5) is 50.2. The maximum atomic E-state index is 12.6. The molecule has 7 nitrogen and oxygen atoms in total. The van der Waals surface area contributed by atoms with E-state index in [1.165, 1.54) is 24.3 Å². The summed E-state index contributed by atoms with van der Waals surface area (Å²) in [5, 5.41) is 2.59. The first-order valence-corrected chi connectivity index (χ1v) is 10.6. The molecule has 2 aromatic rings. The fourth-order valence-corrected chi connectivity index (χ4v) is 3.90. The number of amides is 3. The highest BCUT2D eigenvalue weighted by atomic mass is 35.5. The van der Waals surface area contributed by atoms with E-state index in [9.17, 15) is 19.2 Å². The molecule has 1 aliphatic rings. The van der Waals surface area contributed by atoms with Crippen LogP contribution < -0.4 is 5.32 Å². The highest BCUT2D eigenvalue weighted by molar-refractivity contribution is 8.18. The molecular formula is C21H16Cl2N2O5S. The van der Waals surface area contributed by atoms with Crippen molar-refractivity contribution in [1.29, 1.82) is 0 Å². The SMILES string of the molecule is CCOC(=O)c1cc(NC(=O)CN2C(=O)S/C(=C/c3ccccc3Cl)C2=O)ccc1Cl. The summed E-state index contributed by atoms with van der Waals surface area (Å²) in [6, 6.07) is 11.2. The number of nitrogens with one attached hydrogen (secondary N) is 1. The van der Waals surface area contributed by atoms with Crippen LogP contribution >= 0.6 is 35.0 Å². The molecule has 0 atom stereocenters. The third kappa shape index (κ3) is 5.46. The van der Waals surface area contributed by atoms with Crippen LogP contribution in [0.5, 0.6) is 0 Å². The van der Waals surface area contributed by atoms with Gasteiger partial charge in [0.1, 0.15) is 6.54 Å². The van der Waals surface area contributed by atoms with Gasteiger partial charge in [-0.2, -0.15) is 0 Å². The molecule has 3 amide bonds. The average molecular weight is 479 g/mol. The number of esters is 1. The minimum atomic E-state index is -0.626. The summed E-state index contributed by atoms with van der Waals surface area (Å²) in [5.41, 5.74) is 0.956. The van der Waals surface area contributed by atoms with Crippen molar-refractivity contribution in [2.75, 3.05) is 18.5 Å². The van der Waals surface area contributed by atoms with Crippen molar-refractivity contribution >= 4 is 69.8 Å². The van der Waals surface area contributed by atoms with Crippen molar-refractivity contribution in [3.05, 3.63) is 68.5 Å². The molecule has 0 aliphatic carbocycles. The molecular weight excluding hydrogens is 463 g/mol. The van der Waals surface area contributed by atoms with Gasteiger partial charge in [0.25, 0.3) is 11.1 Å². The fourth-order valence-electron chi connectivity index (χ4n) is 2.68. The number of benzene rings is 2. The van der Waals surface area contributed by atoms with E-state index >= 15 is 0 Å². The molecule has 1 aliphatic heterocycles. The van der Waals surface area contributed by atoms with Crippen LogP contribution in [0.25, 0.3) is 6.08 Å². The minimum Gasteiger partial charge on any atom is -0.462 e. The van der Waals surface area contributed by atoms with Gasteiger partial charge in [-0.15, -0.1) is 0 Å². The van der Waals surface area contributed by atoms with Crippen molar-refractivity contribution in [1.82, 2.24) is 4.90 Å². The van der Waals surface area contributed by atoms with E-state index in [1.807, 2.05) is 0 Å². The first kappa shape index (κ1) is 22.9. The van der Waals surface area contributed by atoms with Gasteiger partial charge in [-0.05, 0) is 54.6 Å². The van der Waals surface area contributed by atoms with Crippen molar-refractivity contribution in [3.8, 4) is 0 Å². The largest absolute Gasteiger partial charge is 0.462 e. The van der Waals surface area contributed by atoms with Crippen molar-refractivity contribution in [2.24, 2.45) is 0 Å². The molecule has 31 heavy (non-hydrogen) atoms. The fraction of sp³-hybridized carbons (Fsp3) is 0.143. The van der Waals surface area contributed by atoms with E-state index in [-0.39, 0.29) is 27.8 Å². The minimum absolute atomic E-state index is 0.0927. The van der Waals surface area contributed by atoms with E-state index in [4.69, 9.17) is 27.9 Å². The van der Waals surface area contributed by atoms with Gasteiger partial charge in [0.2, 0.25) is 5.91 Å². The highest BCUT2D eigenvalue weighted by Crippen LogP contribution is 2.33. The molecule has 2 aromatic carbocycles. The van der Waals surface area contributed by atoms with Crippen LogP contribution in [0.15, 0.2) is 47.4 Å². The summed E-state index contributed by atoms with van der Waals surface area (Å²) in [5.74, 6) is -1.83. The number of carbonyl (C=O) groups is 4. The van der Waals surface area contributed by atoms with Crippen LogP contribution in [0.4, 0.5) is 10.5 Å². The van der Waals surface area contributed by atoms with Gasteiger partial charge in [0, 0.05) is 10.7 Å². The van der Waals surface area contributed by atoms with E-state index < -0.39 is 29.6 Å². The zero-order chi connectivity index (χ0) is 22.5. The summed E-state index contributed by atoms with van der Waals surface area (Å²) in [6.07, 6.45) is 1.51. The number of imide groups is 1. The lowest BCUT2D eigenvalue weighted by Crippen LogP contribution is -2.36. The molecule has 10 heteroatoms. The van der Waals surface area contributed by atoms with Gasteiger partial charge in [-0.25, -0.2) is 4.79 Å². The molecule has 0 saturated carbocycles. The van der Waals surface area contributed by atoms with Crippen LogP contribution in [0.3, 0.4) is 0 Å². The number of ether oxygens (including phenoxy) is 1. The summed E-state index contributed by atoms with van der Waals surface area (Å²) < 4.78 is 4.92. The normalized spacial score (nSPS) is 14.8. The maximum Gasteiger partial charge on any atom is 0.339 e. The zero-order valence-electron chi connectivity index (χ0n) is 16.2. The highest BCUT2D eigenvalue weighted by Gasteiger charge is 2.36. The lowest BCUT2D eigenvalue weighted by Gasteiger charge is -2.13. The molecule has 0 radical (unpaired) electrons. The first-order chi connectivity index (χ1) is 14.8. The third-order valence-corrected chi connectivity index (χ3v) is 5.69. The Bertz CT molecular complexity index is 1100. The molecule has 1 fully saturated rings. The Hall–Kier alpha value is -2.81. The second-order valence-electron chi connectivity index (χ2n) is 6.25. The quantitative estimate of drug-likeness (QED) is 0.471. The number of halogens is 2. The molecule has 0 aromatic heterocycles. The second-order valence-corrected chi connectivity index (χ2v) is 8.06. The predicted octanol–water partition coefficient (Wildman–Crippen LogP) is 4.85. The predicted molar refractivity (Wildman–Crippen MR) is 120 cm³/mol. The Morgan fingerprint density at radius 1 is 1.13 bits per heavy atom. The number of rotatable bonds is 6. The Labute approximate surface area is 192 Å². The molecule has 1 heterocycles. The van der Waals surface area contributed by atoms with E-state index in [1.54, 1.807) is 31.2 Å². The number of carbonyl (C=O) groups excluding carboxylic acids is 4. The summed E-state index contributed by atoms with van der Waals surface area (Å²) in [6.45, 7) is 1.35. The van der Waals surface area contributed by atoms with Crippen molar-refractivity contribution in [3.63, 3.8) is 0 Å². The maximum absolute atomic E-state index is 12.6. The van der Waals surface area contributed by atoms with E-state index in [2.05, 4.69) is 5.32 Å². The monoisotopic (exact) mass is 478 g/mol. The van der Waals surface area contributed by atoms with E-state index in [0.29, 0.717) is 10.6 Å². The smallest absolute Gasteiger partial charge is 0.339 e. The van der Waals surface area contributed by atoms with Gasteiger partial charge in [0.05, 0.1) is 22.1 Å². The first-order valence-electron chi connectivity index (χ1n) is 9.06. The van der Waals surface area contributed by atoms with Crippen LogP contribution in [0.2, 0.25) is 10.0 Å². The summed E-state index contributed by atoms with van der Waals surface area (Å²) >= 11 is 12.8. The van der Waals surface area contributed by atoms with Crippen molar-refractivity contribution < 1.29 is 23.9 Å².